The fourth-order valence-corrected chi connectivity index (χ4v) is 3.48. The van der Waals surface area contributed by atoms with Crippen LogP contribution in [0.2, 0.25) is 0 Å². The second-order valence-electron chi connectivity index (χ2n) is 6.77. The Hall–Kier alpha value is -2.87. The van der Waals surface area contributed by atoms with Crippen LogP contribution in [-0.4, -0.2) is 53.1 Å². The number of piperidine rings is 1. The average molecular weight is 373 g/mol. The Labute approximate surface area is 157 Å². The van der Waals surface area contributed by atoms with Crippen molar-refractivity contribution in [3.05, 3.63) is 35.4 Å². The van der Waals surface area contributed by atoms with Crippen LogP contribution < -0.4 is 15.5 Å². The van der Waals surface area contributed by atoms with E-state index in [0.29, 0.717) is 49.4 Å². The fourth-order valence-electron chi connectivity index (χ4n) is 3.48. The average Bonchev–Trinajstić information content (AvgIpc) is 2.67. The summed E-state index contributed by atoms with van der Waals surface area (Å²) in [5.41, 5.74) is 2.09. The van der Waals surface area contributed by atoms with Crippen molar-refractivity contribution in [3.8, 4) is 5.75 Å². The maximum atomic E-state index is 12.7. The number of carbonyl (C=O) groups excluding carboxylic acids is 3. The molecule has 144 valence electrons. The quantitative estimate of drug-likeness (QED) is 0.425. The van der Waals surface area contributed by atoms with Crippen molar-refractivity contribution in [2.45, 2.75) is 31.8 Å². The maximum absolute atomic E-state index is 12.7. The Kier molecular flexibility index (Phi) is 5.46. The molecule has 0 radical (unpaired) electrons. The van der Waals surface area contributed by atoms with Gasteiger partial charge in [0.05, 0.1) is 12.0 Å². The number of amides is 3. The van der Waals surface area contributed by atoms with Gasteiger partial charge in [0.2, 0.25) is 0 Å². The number of urea groups is 1. The lowest BCUT2D eigenvalue weighted by atomic mass is 9.82. The number of hydroxylamine groups is 1. The lowest BCUT2D eigenvalue weighted by Crippen LogP contribution is -2.54. The van der Waals surface area contributed by atoms with E-state index in [1.54, 1.807) is 23.1 Å². The number of likely N-dealkylation sites (tertiary alicyclic amines) is 1. The van der Waals surface area contributed by atoms with Crippen LogP contribution in [0.1, 0.15) is 42.1 Å². The summed E-state index contributed by atoms with van der Waals surface area (Å²) in [6.07, 6.45) is 4.16. The van der Waals surface area contributed by atoms with E-state index in [1.807, 2.05) is 6.92 Å². The van der Waals surface area contributed by atoms with Gasteiger partial charge in [-0.25, -0.2) is 10.3 Å². The summed E-state index contributed by atoms with van der Waals surface area (Å²) in [5.74, 6) is -0.126. The third-order valence-corrected chi connectivity index (χ3v) is 4.94. The Bertz CT molecular complexity index is 782. The van der Waals surface area contributed by atoms with E-state index < -0.39 is 11.5 Å². The third kappa shape index (κ3) is 4.11. The number of Topliss-reactive ketones (excluding diaryl/α,β-unsaturated/α-hetero) is 1. The predicted molar refractivity (Wildman–Crippen MR) is 97.6 cm³/mol. The second kappa shape index (κ2) is 7.79. The van der Waals surface area contributed by atoms with Crippen molar-refractivity contribution >= 4 is 23.8 Å². The van der Waals surface area contributed by atoms with E-state index in [-0.39, 0.29) is 18.2 Å². The lowest BCUT2D eigenvalue weighted by molar-refractivity contribution is -0.124. The first-order valence-electron chi connectivity index (χ1n) is 8.97. The highest BCUT2D eigenvalue weighted by Crippen LogP contribution is 2.39. The molecule has 0 atom stereocenters. The largest absolute Gasteiger partial charge is 0.486 e. The van der Waals surface area contributed by atoms with E-state index in [2.05, 4.69) is 5.32 Å². The highest BCUT2D eigenvalue weighted by atomic mass is 16.5. The van der Waals surface area contributed by atoms with Crippen molar-refractivity contribution in [3.63, 3.8) is 0 Å². The van der Waals surface area contributed by atoms with Crippen LogP contribution in [0.3, 0.4) is 0 Å². The minimum atomic E-state index is -0.645. The molecule has 27 heavy (non-hydrogen) atoms. The van der Waals surface area contributed by atoms with Gasteiger partial charge >= 0.3 is 6.03 Å². The molecule has 1 aromatic carbocycles. The van der Waals surface area contributed by atoms with Crippen LogP contribution in [-0.2, 0) is 4.79 Å². The highest BCUT2D eigenvalue weighted by Gasteiger charge is 2.43. The Morgan fingerprint density at radius 2 is 2.07 bits per heavy atom. The van der Waals surface area contributed by atoms with Crippen LogP contribution in [0.25, 0.3) is 6.08 Å². The van der Waals surface area contributed by atoms with E-state index >= 15 is 0 Å². The summed E-state index contributed by atoms with van der Waals surface area (Å²) in [6.45, 7) is 3.56. The van der Waals surface area contributed by atoms with Gasteiger partial charge < -0.3 is 15.0 Å². The van der Waals surface area contributed by atoms with Gasteiger partial charge in [-0.05, 0) is 30.7 Å². The first-order chi connectivity index (χ1) is 13.0. The zero-order valence-corrected chi connectivity index (χ0v) is 15.2. The summed E-state index contributed by atoms with van der Waals surface area (Å²) in [4.78, 5) is 37.5. The van der Waals surface area contributed by atoms with Gasteiger partial charge in [0.25, 0.3) is 5.91 Å². The summed E-state index contributed by atoms with van der Waals surface area (Å²) in [6, 6.07) is 5.06. The molecule has 1 saturated heterocycles. The molecule has 0 saturated carbocycles. The Balaban J connectivity index is 1.72. The molecule has 2 aliphatic rings. The molecule has 3 N–H and O–H groups in total. The predicted octanol–water partition coefficient (Wildman–Crippen LogP) is 1.73. The number of hydrogen-bond acceptors (Lipinski definition) is 5. The van der Waals surface area contributed by atoms with Crippen LogP contribution in [0.15, 0.2) is 24.3 Å². The molecule has 1 fully saturated rings. The van der Waals surface area contributed by atoms with E-state index in [4.69, 9.17) is 9.94 Å². The van der Waals surface area contributed by atoms with Crippen molar-refractivity contribution in [2.75, 3.05) is 19.6 Å². The molecule has 2 aliphatic heterocycles. The number of rotatable bonds is 3. The third-order valence-electron chi connectivity index (χ3n) is 4.94. The molecule has 3 amide bonds. The molecule has 8 nitrogen and oxygen atoms in total. The van der Waals surface area contributed by atoms with Gasteiger partial charge in [-0.1, -0.05) is 6.07 Å². The smallest absolute Gasteiger partial charge is 0.317 e. The van der Waals surface area contributed by atoms with Crippen LogP contribution >= 0.6 is 0 Å². The molecule has 1 spiro atoms. The first kappa shape index (κ1) is 18.9. The molecular weight excluding hydrogens is 350 g/mol. The zero-order valence-electron chi connectivity index (χ0n) is 15.2. The summed E-state index contributed by atoms with van der Waals surface area (Å²) >= 11 is 0. The number of benzene rings is 1. The molecule has 0 bridgehead atoms. The highest BCUT2D eigenvalue weighted by molar-refractivity contribution is 6.01. The molecule has 8 heteroatoms. The molecule has 0 unspecified atom stereocenters. The van der Waals surface area contributed by atoms with Crippen molar-refractivity contribution in [1.82, 2.24) is 15.7 Å². The Morgan fingerprint density at radius 3 is 2.74 bits per heavy atom. The minimum absolute atomic E-state index is 0.00966. The molecular formula is C19H23N3O5. The van der Waals surface area contributed by atoms with Crippen LogP contribution in [0, 0.1) is 0 Å². The number of nitrogens with zero attached hydrogens (tertiary/aromatic N) is 1. The van der Waals surface area contributed by atoms with Gasteiger partial charge in [-0.2, -0.15) is 0 Å². The second-order valence-corrected chi connectivity index (χ2v) is 6.77. The monoisotopic (exact) mass is 373 g/mol. The SMILES string of the molecule is CCNC(=O)N1CCC2(CC1)CC(=O)c1cc(/C=C/C(=O)NO)ccc1O2. The van der Waals surface area contributed by atoms with E-state index in [1.165, 1.54) is 17.6 Å². The number of nitrogens with one attached hydrogen (secondary N) is 2. The van der Waals surface area contributed by atoms with Gasteiger partial charge in [0, 0.05) is 38.6 Å². The molecule has 0 aromatic heterocycles. The van der Waals surface area contributed by atoms with E-state index in [0.717, 1.165) is 0 Å². The minimum Gasteiger partial charge on any atom is -0.486 e. The molecule has 1 aromatic rings. The number of fused-ring (bicyclic) bond motifs is 1. The molecule has 0 aliphatic carbocycles. The first-order valence-corrected chi connectivity index (χ1v) is 8.97. The van der Waals surface area contributed by atoms with Crippen molar-refractivity contribution in [2.24, 2.45) is 0 Å². The number of ether oxygens (including phenoxy) is 1. The van der Waals surface area contributed by atoms with Gasteiger partial charge in [-0.3, -0.25) is 14.8 Å². The molecule has 2 heterocycles. The lowest BCUT2D eigenvalue weighted by Gasteiger charge is -2.43. The number of hydrogen-bond donors (Lipinski definition) is 3. The standard InChI is InChI=1S/C19H23N3O5/c1-2-20-18(25)22-9-7-19(8-10-22)12-15(23)14-11-13(3-5-16(14)27-19)4-6-17(24)21-26/h3-6,11,26H,2,7-10,12H2,1H3,(H,20,25)(H,21,24)/b6-4+. The Morgan fingerprint density at radius 1 is 1.33 bits per heavy atom. The van der Waals surface area contributed by atoms with Gasteiger partial charge in [0.15, 0.2) is 5.78 Å². The number of ketones is 1. The zero-order chi connectivity index (χ0) is 19.4. The van der Waals surface area contributed by atoms with Gasteiger partial charge in [0.1, 0.15) is 11.4 Å². The maximum Gasteiger partial charge on any atom is 0.317 e. The molecule has 3 rings (SSSR count). The van der Waals surface area contributed by atoms with Crippen molar-refractivity contribution < 1.29 is 24.3 Å². The van der Waals surface area contributed by atoms with Crippen molar-refractivity contribution in [1.29, 1.82) is 0 Å². The van der Waals surface area contributed by atoms with E-state index in [9.17, 15) is 14.4 Å². The summed E-state index contributed by atoms with van der Waals surface area (Å²) in [5, 5.41) is 11.3. The number of carbonyl (C=O) groups is 3. The van der Waals surface area contributed by atoms with Crippen LogP contribution in [0.5, 0.6) is 5.75 Å². The van der Waals surface area contributed by atoms with Gasteiger partial charge in [-0.15, -0.1) is 0 Å². The summed E-state index contributed by atoms with van der Waals surface area (Å²) in [7, 11) is 0. The topological polar surface area (TPSA) is 108 Å². The normalized spacial score (nSPS) is 18.1. The fraction of sp³-hybridized carbons (Fsp3) is 0.421. The summed E-state index contributed by atoms with van der Waals surface area (Å²) < 4.78 is 6.20. The van der Waals surface area contributed by atoms with Crippen LogP contribution in [0.4, 0.5) is 4.79 Å².